The van der Waals surface area contributed by atoms with Crippen LogP contribution in [0.4, 0.5) is 5.95 Å². The van der Waals surface area contributed by atoms with Crippen molar-refractivity contribution >= 4 is 16.0 Å². The van der Waals surface area contributed by atoms with Crippen molar-refractivity contribution in [2.24, 2.45) is 0 Å². The summed E-state index contributed by atoms with van der Waals surface area (Å²) in [7, 11) is -0.313. The molecule has 8 heteroatoms. The molecule has 25 heavy (non-hydrogen) atoms. The molecule has 0 saturated heterocycles. The van der Waals surface area contributed by atoms with E-state index in [-0.39, 0.29) is 4.90 Å². The summed E-state index contributed by atoms with van der Waals surface area (Å²) in [5.41, 5.74) is 2.29. The maximum Gasteiger partial charge on any atom is 0.271 e. The molecule has 0 aliphatic carbocycles. The van der Waals surface area contributed by atoms with E-state index in [2.05, 4.69) is 20.6 Å². The summed E-state index contributed by atoms with van der Waals surface area (Å²) in [6.45, 7) is 0.567. The van der Waals surface area contributed by atoms with Crippen LogP contribution in [0.25, 0.3) is 11.3 Å². The van der Waals surface area contributed by atoms with Crippen molar-refractivity contribution in [1.82, 2.24) is 19.3 Å². The molecule has 0 aliphatic rings. The average Bonchev–Trinajstić information content (AvgIpc) is 3.08. The Kier molecular flexibility index (Phi) is 4.82. The van der Waals surface area contributed by atoms with Crippen LogP contribution >= 0.6 is 0 Å². The molecule has 0 amide bonds. The third kappa shape index (κ3) is 3.40. The van der Waals surface area contributed by atoms with E-state index in [0.717, 1.165) is 11.1 Å². The summed E-state index contributed by atoms with van der Waals surface area (Å²) in [4.78, 5) is 8.05. The fourth-order valence-corrected chi connectivity index (χ4v) is 3.80. The lowest BCUT2D eigenvalue weighted by molar-refractivity contribution is 0.587. The third-order valence-corrected chi connectivity index (χ3v) is 5.33. The molecule has 2 heterocycles. The molecule has 1 aromatic carbocycles. The lowest BCUT2D eigenvalue weighted by Crippen LogP contribution is -2.14. The minimum absolute atomic E-state index is 0.0373. The van der Waals surface area contributed by atoms with Gasteiger partial charge in [0, 0.05) is 19.8 Å². The molecule has 0 spiro atoms. The van der Waals surface area contributed by atoms with E-state index in [1.807, 2.05) is 43.4 Å². The molecule has 3 aromatic rings. The van der Waals surface area contributed by atoms with Gasteiger partial charge in [-0.25, -0.2) is 22.4 Å². The second-order valence-corrected chi connectivity index (χ2v) is 7.24. The van der Waals surface area contributed by atoms with Gasteiger partial charge < -0.3 is 10.6 Å². The average molecular weight is 357 g/mol. The predicted octanol–water partition coefficient (Wildman–Crippen LogP) is 1.94. The molecule has 3 rings (SSSR count). The Morgan fingerprint density at radius 1 is 1.08 bits per heavy atom. The molecule has 0 unspecified atom stereocenters. The summed E-state index contributed by atoms with van der Waals surface area (Å²) < 4.78 is 27.5. The van der Waals surface area contributed by atoms with Gasteiger partial charge in [0.15, 0.2) is 0 Å². The summed E-state index contributed by atoms with van der Waals surface area (Å²) in [6, 6.07) is 11.3. The summed E-state index contributed by atoms with van der Waals surface area (Å²) in [5, 5.41) is 5.81. The fourth-order valence-electron chi connectivity index (χ4n) is 2.51. The third-order valence-electron chi connectivity index (χ3n) is 3.70. The van der Waals surface area contributed by atoms with Crippen LogP contribution in [0.15, 0.2) is 59.9 Å². The second kappa shape index (κ2) is 7.04. The Bertz CT molecular complexity index is 950. The van der Waals surface area contributed by atoms with Crippen molar-refractivity contribution < 1.29 is 8.42 Å². The Hall–Kier alpha value is -2.71. The van der Waals surface area contributed by atoms with Gasteiger partial charge in [-0.3, -0.25) is 0 Å². The molecule has 0 atom stereocenters. The lowest BCUT2D eigenvalue weighted by atomic mass is 10.1. The molecule has 0 saturated carbocycles. The molecule has 7 nitrogen and oxygen atoms in total. The standard InChI is InChI=1S/C17H19N5O2S/c1-18-9-13-8-16(14-6-4-3-5-7-14)22(12-13)25(23,24)15-10-20-17(19-2)21-11-15/h3-8,10-12,18H,9H2,1-2H3,(H,19,20,21). The van der Waals surface area contributed by atoms with Gasteiger partial charge in [-0.2, -0.15) is 0 Å². The van der Waals surface area contributed by atoms with Gasteiger partial charge in [0.05, 0.1) is 18.1 Å². The molecule has 130 valence electrons. The highest BCUT2D eigenvalue weighted by Crippen LogP contribution is 2.26. The van der Waals surface area contributed by atoms with Crippen molar-refractivity contribution in [3.8, 4) is 11.3 Å². The van der Waals surface area contributed by atoms with Crippen LogP contribution in [0.2, 0.25) is 0 Å². The Morgan fingerprint density at radius 3 is 2.36 bits per heavy atom. The molecular formula is C17H19N5O2S. The second-order valence-electron chi connectivity index (χ2n) is 5.42. The Balaban J connectivity index is 2.13. The van der Waals surface area contributed by atoms with Crippen LogP contribution < -0.4 is 10.6 Å². The van der Waals surface area contributed by atoms with Crippen LogP contribution in [0.5, 0.6) is 0 Å². The smallest absolute Gasteiger partial charge is 0.271 e. The van der Waals surface area contributed by atoms with E-state index in [1.165, 1.54) is 16.4 Å². The number of benzene rings is 1. The van der Waals surface area contributed by atoms with Crippen molar-refractivity contribution in [3.63, 3.8) is 0 Å². The first kappa shape index (κ1) is 17.1. The molecule has 0 fully saturated rings. The quantitative estimate of drug-likeness (QED) is 0.701. The van der Waals surface area contributed by atoms with Crippen LogP contribution in [-0.4, -0.2) is 36.5 Å². The van der Waals surface area contributed by atoms with Crippen LogP contribution in [0.1, 0.15) is 5.56 Å². The van der Waals surface area contributed by atoms with Gasteiger partial charge in [0.1, 0.15) is 4.90 Å². The summed E-state index contributed by atoms with van der Waals surface area (Å²) >= 11 is 0. The number of rotatable bonds is 6. The first-order chi connectivity index (χ1) is 12.1. The number of nitrogens with zero attached hydrogens (tertiary/aromatic N) is 3. The van der Waals surface area contributed by atoms with E-state index in [9.17, 15) is 8.42 Å². The van der Waals surface area contributed by atoms with Gasteiger partial charge in [-0.05, 0) is 24.2 Å². The summed E-state index contributed by atoms with van der Waals surface area (Å²) in [6.07, 6.45) is 4.24. The minimum atomic E-state index is -3.80. The number of aromatic nitrogens is 3. The Morgan fingerprint density at radius 2 is 1.76 bits per heavy atom. The van der Waals surface area contributed by atoms with Gasteiger partial charge in [-0.1, -0.05) is 30.3 Å². The van der Waals surface area contributed by atoms with Crippen molar-refractivity contribution in [3.05, 3.63) is 60.6 Å². The minimum Gasteiger partial charge on any atom is -0.357 e. The van der Waals surface area contributed by atoms with Crippen LogP contribution in [0, 0.1) is 0 Å². The molecule has 2 N–H and O–H groups in total. The maximum atomic E-state index is 13.1. The molecule has 0 radical (unpaired) electrons. The lowest BCUT2D eigenvalue weighted by Gasteiger charge is -2.10. The molecule has 0 aliphatic heterocycles. The van der Waals surface area contributed by atoms with E-state index < -0.39 is 10.0 Å². The van der Waals surface area contributed by atoms with E-state index >= 15 is 0 Å². The SMILES string of the molecule is CNCc1cc(-c2ccccc2)n(S(=O)(=O)c2cnc(NC)nc2)c1. The highest BCUT2D eigenvalue weighted by molar-refractivity contribution is 7.90. The van der Waals surface area contributed by atoms with Crippen LogP contribution in [-0.2, 0) is 16.6 Å². The van der Waals surface area contributed by atoms with Gasteiger partial charge in [0.25, 0.3) is 10.0 Å². The monoisotopic (exact) mass is 357 g/mol. The van der Waals surface area contributed by atoms with Crippen LogP contribution in [0.3, 0.4) is 0 Å². The highest BCUT2D eigenvalue weighted by atomic mass is 32.2. The largest absolute Gasteiger partial charge is 0.357 e. The van der Waals surface area contributed by atoms with Crippen molar-refractivity contribution in [2.75, 3.05) is 19.4 Å². The first-order valence-corrected chi connectivity index (χ1v) is 9.17. The summed E-state index contributed by atoms with van der Waals surface area (Å²) in [5.74, 6) is 0.366. The van der Waals surface area contributed by atoms with Crippen molar-refractivity contribution in [2.45, 2.75) is 11.4 Å². The number of hydrogen-bond acceptors (Lipinski definition) is 6. The predicted molar refractivity (Wildman–Crippen MR) is 96.8 cm³/mol. The zero-order valence-corrected chi connectivity index (χ0v) is 14.8. The van der Waals surface area contributed by atoms with E-state index in [1.54, 1.807) is 13.2 Å². The van der Waals surface area contributed by atoms with Gasteiger partial charge in [-0.15, -0.1) is 0 Å². The molecule has 0 bridgehead atoms. The highest BCUT2D eigenvalue weighted by Gasteiger charge is 2.22. The van der Waals surface area contributed by atoms with Gasteiger partial charge in [0.2, 0.25) is 5.95 Å². The normalized spacial score (nSPS) is 11.4. The number of nitrogens with one attached hydrogen (secondary N) is 2. The molecular weight excluding hydrogens is 338 g/mol. The zero-order valence-electron chi connectivity index (χ0n) is 14.0. The van der Waals surface area contributed by atoms with Gasteiger partial charge >= 0.3 is 0 Å². The topological polar surface area (TPSA) is 88.9 Å². The van der Waals surface area contributed by atoms with E-state index in [4.69, 9.17) is 0 Å². The zero-order chi connectivity index (χ0) is 17.9. The Labute approximate surface area is 146 Å². The van der Waals surface area contributed by atoms with Crippen molar-refractivity contribution in [1.29, 1.82) is 0 Å². The number of hydrogen-bond donors (Lipinski definition) is 2. The number of anilines is 1. The first-order valence-electron chi connectivity index (χ1n) is 7.73. The fraction of sp³-hybridized carbons (Fsp3) is 0.176. The molecule has 2 aromatic heterocycles. The van der Waals surface area contributed by atoms with E-state index in [0.29, 0.717) is 18.2 Å². The maximum absolute atomic E-state index is 13.1.